The van der Waals surface area contributed by atoms with E-state index in [0.717, 1.165) is 0 Å². The van der Waals surface area contributed by atoms with Crippen LogP contribution in [-0.2, 0) is 4.79 Å². The van der Waals surface area contributed by atoms with Crippen molar-refractivity contribution in [2.24, 2.45) is 5.92 Å². The Hall–Kier alpha value is -1.47. The molecule has 0 bridgehead atoms. The summed E-state index contributed by atoms with van der Waals surface area (Å²) in [7, 11) is 0. The molecule has 8 heteroatoms. The van der Waals surface area contributed by atoms with Crippen molar-refractivity contribution in [2.75, 3.05) is 19.6 Å². The lowest BCUT2D eigenvalue weighted by Gasteiger charge is -2.24. The molecule has 0 saturated heterocycles. The Kier molecular flexibility index (Phi) is 8.02. The van der Waals surface area contributed by atoms with Gasteiger partial charge in [-0.3, -0.25) is 4.79 Å². The van der Waals surface area contributed by atoms with E-state index in [9.17, 15) is 22.8 Å². The number of carbonyl (C=O) groups is 2. The van der Waals surface area contributed by atoms with Crippen molar-refractivity contribution in [3.63, 3.8) is 0 Å². The number of hydrogen-bond donors (Lipinski definition) is 2. The standard InChI is InChI=1S/C12H21F3N2O3/c1-3-5-17(8-12(13,14)15)11(20)16-7-9(4-2)6-10(18)19/h9H,3-8H2,1-2H3,(H,16,20)(H,18,19). The molecule has 118 valence electrons. The zero-order valence-electron chi connectivity index (χ0n) is 11.7. The lowest BCUT2D eigenvalue weighted by atomic mass is 10.0. The molecule has 0 rings (SSSR count). The Balaban J connectivity index is 4.41. The third-order valence-electron chi connectivity index (χ3n) is 2.73. The molecule has 0 aliphatic carbocycles. The monoisotopic (exact) mass is 298 g/mol. The van der Waals surface area contributed by atoms with Crippen LogP contribution in [0.4, 0.5) is 18.0 Å². The number of carbonyl (C=O) groups excluding carboxylic acids is 1. The Bertz CT molecular complexity index is 322. The van der Waals surface area contributed by atoms with Crippen LogP contribution in [0.1, 0.15) is 33.1 Å². The van der Waals surface area contributed by atoms with E-state index in [-0.39, 0.29) is 25.4 Å². The zero-order chi connectivity index (χ0) is 15.8. The number of aliphatic carboxylic acids is 1. The van der Waals surface area contributed by atoms with Crippen molar-refractivity contribution in [2.45, 2.75) is 39.3 Å². The van der Waals surface area contributed by atoms with E-state index < -0.39 is 24.7 Å². The number of urea groups is 1. The van der Waals surface area contributed by atoms with Gasteiger partial charge in [-0.2, -0.15) is 13.2 Å². The van der Waals surface area contributed by atoms with Crippen LogP contribution in [0.3, 0.4) is 0 Å². The lowest BCUT2D eigenvalue weighted by molar-refractivity contribution is -0.140. The number of carboxylic acid groups (broad SMARTS) is 1. The largest absolute Gasteiger partial charge is 0.481 e. The molecule has 0 aromatic rings. The Labute approximate surface area is 116 Å². The summed E-state index contributed by atoms with van der Waals surface area (Å²) in [5, 5.41) is 11.0. The molecular formula is C12H21F3N2O3. The molecule has 2 N–H and O–H groups in total. The number of alkyl halides is 3. The Morgan fingerprint density at radius 1 is 1.30 bits per heavy atom. The lowest BCUT2D eigenvalue weighted by Crippen LogP contribution is -2.46. The summed E-state index contributed by atoms with van der Waals surface area (Å²) in [5.74, 6) is -1.28. The number of halogens is 3. The van der Waals surface area contributed by atoms with Crippen LogP contribution in [0.15, 0.2) is 0 Å². The normalized spacial score (nSPS) is 12.8. The van der Waals surface area contributed by atoms with Gasteiger partial charge in [-0.15, -0.1) is 0 Å². The molecule has 0 aromatic heterocycles. The first-order valence-corrected chi connectivity index (χ1v) is 6.50. The number of carboxylic acids is 1. The molecular weight excluding hydrogens is 277 g/mol. The first-order valence-electron chi connectivity index (χ1n) is 6.50. The highest BCUT2D eigenvalue weighted by atomic mass is 19.4. The Morgan fingerprint density at radius 3 is 2.30 bits per heavy atom. The predicted octanol–water partition coefficient (Wildman–Crippen LogP) is 2.47. The number of nitrogens with zero attached hydrogens (tertiary/aromatic N) is 1. The summed E-state index contributed by atoms with van der Waals surface area (Å²) < 4.78 is 37.0. The molecule has 0 aliphatic rings. The topological polar surface area (TPSA) is 69.6 Å². The van der Waals surface area contributed by atoms with E-state index in [0.29, 0.717) is 17.7 Å². The SMILES string of the molecule is CCCN(CC(F)(F)F)C(=O)NCC(CC)CC(=O)O. The summed E-state index contributed by atoms with van der Waals surface area (Å²) in [6.45, 7) is 2.19. The van der Waals surface area contributed by atoms with Gasteiger partial charge >= 0.3 is 18.2 Å². The molecule has 0 heterocycles. The van der Waals surface area contributed by atoms with Gasteiger partial charge in [0.2, 0.25) is 0 Å². The molecule has 0 radical (unpaired) electrons. The van der Waals surface area contributed by atoms with Gasteiger partial charge in [-0.1, -0.05) is 20.3 Å². The highest BCUT2D eigenvalue weighted by molar-refractivity contribution is 5.74. The van der Waals surface area contributed by atoms with Crippen molar-refractivity contribution in [1.82, 2.24) is 10.2 Å². The minimum Gasteiger partial charge on any atom is -0.481 e. The van der Waals surface area contributed by atoms with Crippen LogP contribution in [0.25, 0.3) is 0 Å². The summed E-state index contributed by atoms with van der Waals surface area (Å²) >= 11 is 0. The first-order chi connectivity index (χ1) is 9.19. The molecule has 0 aliphatic heterocycles. The second kappa shape index (κ2) is 8.65. The van der Waals surface area contributed by atoms with Gasteiger partial charge in [0.15, 0.2) is 0 Å². The van der Waals surface area contributed by atoms with Gasteiger partial charge in [0, 0.05) is 19.5 Å². The average molecular weight is 298 g/mol. The van der Waals surface area contributed by atoms with Crippen molar-refractivity contribution in [3.05, 3.63) is 0 Å². The first kappa shape index (κ1) is 18.5. The third kappa shape index (κ3) is 8.60. The van der Waals surface area contributed by atoms with Gasteiger partial charge < -0.3 is 15.3 Å². The molecule has 0 aromatic carbocycles. The summed E-state index contributed by atoms with van der Waals surface area (Å²) in [4.78, 5) is 22.9. The zero-order valence-corrected chi connectivity index (χ0v) is 11.7. The second-order valence-corrected chi connectivity index (χ2v) is 4.59. The molecule has 1 atom stereocenters. The van der Waals surface area contributed by atoms with E-state index >= 15 is 0 Å². The van der Waals surface area contributed by atoms with Gasteiger partial charge in [0.25, 0.3) is 0 Å². The average Bonchev–Trinajstić information content (AvgIpc) is 2.31. The van der Waals surface area contributed by atoms with Crippen LogP contribution < -0.4 is 5.32 Å². The van der Waals surface area contributed by atoms with Crippen LogP contribution in [0, 0.1) is 5.92 Å². The van der Waals surface area contributed by atoms with E-state index in [1.54, 1.807) is 13.8 Å². The molecule has 2 amide bonds. The van der Waals surface area contributed by atoms with Crippen molar-refractivity contribution < 1.29 is 27.9 Å². The molecule has 0 fully saturated rings. The van der Waals surface area contributed by atoms with Gasteiger partial charge in [-0.05, 0) is 12.3 Å². The fraction of sp³-hybridized carbons (Fsp3) is 0.833. The maximum atomic E-state index is 12.3. The molecule has 0 saturated carbocycles. The van der Waals surface area contributed by atoms with Gasteiger partial charge in [-0.25, -0.2) is 4.79 Å². The number of nitrogens with one attached hydrogen (secondary N) is 1. The molecule has 1 unspecified atom stereocenters. The number of rotatable bonds is 8. The highest BCUT2D eigenvalue weighted by Crippen LogP contribution is 2.17. The minimum absolute atomic E-state index is 0.00106. The predicted molar refractivity (Wildman–Crippen MR) is 67.4 cm³/mol. The van der Waals surface area contributed by atoms with Crippen molar-refractivity contribution >= 4 is 12.0 Å². The molecule has 20 heavy (non-hydrogen) atoms. The van der Waals surface area contributed by atoms with E-state index in [2.05, 4.69) is 5.32 Å². The molecule has 0 spiro atoms. The van der Waals surface area contributed by atoms with E-state index in [1.807, 2.05) is 0 Å². The van der Waals surface area contributed by atoms with Gasteiger partial charge in [0.05, 0.1) is 0 Å². The fourth-order valence-corrected chi connectivity index (χ4v) is 1.69. The number of hydrogen-bond acceptors (Lipinski definition) is 2. The summed E-state index contributed by atoms with van der Waals surface area (Å²) in [5.41, 5.74) is 0. The van der Waals surface area contributed by atoms with Crippen LogP contribution in [0.5, 0.6) is 0 Å². The smallest absolute Gasteiger partial charge is 0.406 e. The summed E-state index contributed by atoms with van der Waals surface area (Å²) in [6, 6.07) is -0.812. The van der Waals surface area contributed by atoms with Gasteiger partial charge in [0.1, 0.15) is 6.54 Å². The van der Waals surface area contributed by atoms with Crippen molar-refractivity contribution in [3.8, 4) is 0 Å². The fourth-order valence-electron chi connectivity index (χ4n) is 1.69. The maximum absolute atomic E-state index is 12.3. The summed E-state index contributed by atoms with van der Waals surface area (Å²) in [6.07, 6.45) is -3.63. The molecule has 5 nitrogen and oxygen atoms in total. The second-order valence-electron chi connectivity index (χ2n) is 4.59. The van der Waals surface area contributed by atoms with Crippen LogP contribution in [-0.4, -0.2) is 47.8 Å². The van der Waals surface area contributed by atoms with Crippen LogP contribution in [0.2, 0.25) is 0 Å². The number of amides is 2. The van der Waals surface area contributed by atoms with E-state index in [1.165, 1.54) is 0 Å². The van der Waals surface area contributed by atoms with E-state index in [4.69, 9.17) is 5.11 Å². The highest BCUT2D eigenvalue weighted by Gasteiger charge is 2.32. The van der Waals surface area contributed by atoms with Crippen LogP contribution >= 0.6 is 0 Å². The third-order valence-corrected chi connectivity index (χ3v) is 2.73. The van der Waals surface area contributed by atoms with Crippen molar-refractivity contribution in [1.29, 1.82) is 0 Å². The Morgan fingerprint density at radius 2 is 1.90 bits per heavy atom. The quantitative estimate of drug-likeness (QED) is 0.723. The minimum atomic E-state index is -4.45. The maximum Gasteiger partial charge on any atom is 0.406 e.